The SMILES string of the molecule is O=C(O)C1CCCCN1S(=O)(=O)Nc1ccc(F)c(Cl)c1. The quantitative estimate of drug-likeness (QED) is 0.881. The van der Waals surface area contributed by atoms with E-state index >= 15 is 0 Å². The van der Waals surface area contributed by atoms with Gasteiger partial charge in [0.15, 0.2) is 0 Å². The molecular formula is C12H14ClFN2O4S. The number of nitrogens with one attached hydrogen (secondary N) is 1. The second kappa shape index (κ2) is 6.17. The van der Waals surface area contributed by atoms with Gasteiger partial charge in [0.25, 0.3) is 0 Å². The van der Waals surface area contributed by atoms with Crippen LogP contribution in [0.1, 0.15) is 19.3 Å². The molecule has 1 aliphatic heterocycles. The molecule has 1 aromatic carbocycles. The molecule has 1 unspecified atom stereocenters. The molecule has 9 heteroatoms. The number of rotatable bonds is 4. The minimum Gasteiger partial charge on any atom is -0.480 e. The highest BCUT2D eigenvalue weighted by Gasteiger charge is 2.36. The van der Waals surface area contributed by atoms with Crippen molar-refractivity contribution in [3.05, 3.63) is 29.0 Å². The van der Waals surface area contributed by atoms with Gasteiger partial charge in [-0.3, -0.25) is 9.52 Å². The standard InChI is InChI=1S/C12H14ClFN2O4S/c13-9-7-8(4-5-10(9)14)15-21(19,20)16-6-2-1-3-11(16)12(17)18/h4-5,7,11,15H,1-3,6H2,(H,17,18). The molecule has 1 fully saturated rings. The van der Waals surface area contributed by atoms with Crippen molar-refractivity contribution in [1.29, 1.82) is 0 Å². The molecule has 0 amide bonds. The van der Waals surface area contributed by atoms with Crippen LogP contribution in [0, 0.1) is 5.82 Å². The summed E-state index contributed by atoms with van der Waals surface area (Å²) in [6.07, 6.45) is 1.51. The second-order valence-corrected chi connectivity index (χ2v) is 6.73. The Balaban J connectivity index is 2.23. The average Bonchev–Trinajstić information content (AvgIpc) is 2.42. The Labute approximate surface area is 126 Å². The molecule has 0 spiro atoms. The van der Waals surface area contributed by atoms with Crippen molar-refractivity contribution in [3.8, 4) is 0 Å². The Morgan fingerprint density at radius 2 is 2.14 bits per heavy atom. The fraction of sp³-hybridized carbons (Fsp3) is 0.417. The number of aliphatic carboxylic acids is 1. The van der Waals surface area contributed by atoms with Gasteiger partial charge in [-0.05, 0) is 37.5 Å². The summed E-state index contributed by atoms with van der Waals surface area (Å²) in [5.74, 6) is -1.85. The largest absolute Gasteiger partial charge is 0.480 e. The first-order chi connectivity index (χ1) is 9.81. The zero-order valence-electron chi connectivity index (χ0n) is 10.9. The number of hydrogen-bond acceptors (Lipinski definition) is 3. The highest BCUT2D eigenvalue weighted by atomic mass is 35.5. The van der Waals surface area contributed by atoms with Crippen molar-refractivity contribution >= 4 is 33.5 Å². The number of carboxylic acid groups (broad SMARTS) is 1. The highest BCUT2D eigenvalue weighted by molar-refractivity contribution is 7.90. The number of carboxylic acids is 1. The summed E-state index contributed by atoms with van der Waals surface area (Å²) in [6.45, 7) is 0.126. The van der Waals surface area contributed by atoms with Crippen molar-refractivity contribution in [3.63, 3.8) is 0 Å². The van der Waals surface area contributed by atoms with Crippen molar-refractivity contribution in [2.45, 2.75) is 25.3 Å². The van der Waals surface area contributed by atoms with Gasteiger partial charge in [-0.15, -0.1) is 0 Å². The molecule has 1 atom stereocenters. The van der Waals surface area contributed by atoms with Gasteiger partial charge in [-0.25, -0.2) is 4.39 Å². The maximum Gasteiger partial charge on any atom is 0.322 e. The first kappa shape index (κ1) is 16.0. The van der Waals surface area contributed by atoms with Crippen LogP contribution in [0.2, 0.25) is 5.02 Å². The normalized spacial score (nSPS) is 20.2. The van der Waals surface area contributed by atoms with E-state index in [1.165, 1.54) is 6.07 Å². The number of hydrogen-bond donors (Lipinski definition) is 2. The molecule has 0 saturated carbocycles. The predicted octanol–water partition coefficient (Wildman–Crippen LogP) is 2.07. The topological polar surface area (TPSA) is 86.7 Å². The first-order valence-corrected chi connectivity index (χ1v) is 8.10. The molecule has 6 nitrogen and oxygen atoms in total. The van der Waals surface area contributed by atoms with Crippen LogP contribution in [0.3, 0.4) is 0 Å². The highest BCUT2D eigenvalue weighted by Crippen LogP contribution is 2.24. The van der Waals surface area contributed by atoms with Gasteiger partial charge in [0, 0.05) is 6.54 Å². The van der Waals surface area contributed by atoms with E-state index in [4.69, 9.17) is 16.7 Å². The Morgan fingerprint density at radius 1 is 1.43 bits per heavy atom. The number of piperidine rings is 1. The van der Waals surface area contributed by atoms with Crippen LogP contribution in [-0.2, 0) is 15.0 Å². The average molecular weight is 337 g/mol. The minimum absolute atomic E-state index is 0.0797. The van der Waals surface area contributed by atoms with Crippen molar-refractivity contribution in [2.75, 3.05) is 11.3 Å². The van der Waals surface area contributed by atoms with E-state index in [0.29, 0.717) is 12.8 Å². The van der Waals surface area contributed by atoms with Crippen LogP contribution in [0.5, 0.6) is 0 Å². The molecule has 0 bridgehead atoms. The van der Waals surface area contributed by atoms with E-state index in [9.17, 15) is 17.6 Å². The second-order valence-electron chi connectivity index (χ2n) is 4.70. The third-order valence-electron chi connectivity index (χ3n) is 3.21. The van der Waals surface area contributed by atoms with Gasteiger partial charge in [0.1, 0.15) is 11.9 Å². The van der Waals surface area contributed by atoms with E-state index in [0.717, 1.165) is 16.4 Å². The molecule has 0 aromatic heterocycles. The fourth-order valence-electron chi connectivity index (χ4n) is 2.21. The Bertz CT molecular complexity index is 653. The number of nitrogens with zero attached hydrogens (tertiary/aromatic N) is 1. The molecule has 1 aromatic rings. The summed E-state index contributed by atoms with van der Waals surface area (Å²) >= 11 is 5.59. The lowest BCUT2D eigenvalue weighted by atomic mass is 10.1. The van der Waals surface area contributed by atoms with Gasteiger partial charge in [0.2, 0.25) is 0 Å². The lowest BCUT2D eigenvalue weighted by molar-refractivity contribution is -0.142. The van der Waals surface area contributed by atoms with Crippen molar-refractivity contribution in [2.24, 2.45) is 0 Å². The molecule has 116 valence electrons. The number of carbonyl (C=O) groups is 1. The summed E-state index contributed by atoms with van der Waals surface area (Å²) in [4.78, 5) is 11.2. The van der Waals surface area contributed by atoms with E-state index in [2.05, 4.69) is 4.72 Å². The van der Waals surface area contributed by atoms with E-state index in [-0.39, 0.29) is 23.7 Å². The summed E-state index contributed by atoms with van der Waals surface area (Å²) in [5, 5.41) is 8.90. The van der Waals surface area contributed by atoms with Gasteiger partial charge >= 0.3 is 16.2 Å². The monoisotopic (exact) mass is 336 g/mol. The van der Waals surface area contributed by atoms with Crippen LogP contribution >= 0.6 is 11.6 Å². The first-order valence-electron chi connectivity index (χ1n) is 6.29. The number of benzene rings is 1. The summed E-state index contributed by atoms with van der Waals surface area (Å²) in [7, 11) is -4.04. The molecule has 1 heterocycles. The van der Waals surface area contributed by atoms with Crippen molar-refractivity contribution in [1.82, 2.24) is 4.31 Å². The molecule has 1 saturated heterocycles. The molecule has 0 aliphatic carbocycles. The van der Waals surface area contributed by atoms with Crippen LogP contribution in [0.4, 0.5) is 10.1 Å². The number of halogens is 2. The smallest absolute Gasteiger partial charge is 0.322 e. The van der Waals surface area contributed by atoms with Crippen LogP contribution in [0.25, 0.3) is 0 Å². The van der Waals surface area contributed by atoms with E-state index in [1.54, 1.807) is 0 Å². The van der Waals surface area contributed by atoms with Crippen LogP contribution in [0.15, 0.2) is 18.2 Å². The maximum atomic E-state index is 13.1. The third-order valence-corrected chi connectivity index (χ3v) is 5.05. The predicted molar refractivity (Wildman–Crippen MR) is 75.9 cm³/mol. The Morgan fingerprint density at radius 3 is 2.76 bits per heavy atom. The maximum absolute atomic E-state index is 13.1. The van der Waals surface area contributed by atoms with Gasteiger partial charge < -0.3 is 5.11 Å². The number of anilines is 1. The third kappa shape index (κ3) is 3.63. The van der Waals surface area contributed by atoms with Gasteiger partial charge in [0.05, 0.1) is 10.7 Å². The van der Waals surface area contributed by atoms with Crippen molar-refractivity contribution < 1.29 is 22.7 Å². The lowest BCUT2D eigenvalue weighted by Crippen LogP contribution is -2.49. The molecule has 2 rings (SSSR count). The zero-order valence-corrected chi connectivity index (χ0v) is 12.5. The molecule has 1 aliphatic rings. The van der Waals surface area contributed by atoms with Crippen LogP contribution in [-0.4, -0.2) is 36.4 Å². The molecule has 21 heavy (non-hydrogen) atoms. The fourth-order valence-corrected chi connectivity index (χ4v) is 3.83. The van der Waals surface area contributed by atoms with Gasteiger partial charge in [-0.1, -0.05) is 11.6 Å². The lowest BCUT2D eigenvalue weighted by Gasteiger charge is -2.31. The zero-order chi connectivity index (χ0) is 15.6. The summed E-state index contributed by atoms with van der Waals surface area (Å²) < 4.78 is 40.8. The van der Waals surface area contributed by atoms with Gasteiger partial charge in [-0.2, -0.15) is 12.7 Å². The Kier molecular flexibility index (Phi) is 4.70. The summed E-state index contributed by atoms with van der Waals surface area (Å²) in [5.41, 5.74) is 0.0797. The summed E-state index contributed by atoms with van der Waals surface area (Å²) in [6, 6.07) is 2.30. The Hall–Kier alpha value is -1.38. The van der Waals surface area contributed by atoms with Crippen LogP contribution < -0.4 is 4.72 Å². The molecule has 0 radical (unpaired) electrons. The minimum atomic E-state index is -4.04. The molecular weight excluding hydrogens is 323 g/mol. The molecule has 2 N–H and O–H groups in total. The van der Waals surface area contributed by atoms with E-state index in [1.807, 2.05) is 0 Å². The van der Waals surface area contributed by atoms with E-state index < -0.39 is 28.0 Å².